The zero-order valence-corrected chi connectivity index (χ0v) is 30.6. The first-order valence-corrected chi connectivity index (χ1v) is 19.3. The third-order valence-corrected chi connectivity index (χ3v) is 9.26. The van der Waals surface area contributed by atoms with Gasteiger partial charge in [0.1, 0.15) is 17.0 Å². The molecule has 0 aliphatic heterocycles. The van der Waals surface area contributed by atoms with Crippen LogP contribution in [0.4, 0.5) is 0 Å². The van der Waals surface area contributed by atoms with Crippen LogP contribution in [0.3, 0.4) is 0 Å². The Morgan fingerprint density at radius 1 is 0.489 bits per heavy atom. The number of unbranched alkanes of at least 4 members (excludes halogenated alkanes) is 16. The minimum Gasteiger partial charge on any atom is -0.327 e. The molecule has 0 radical (unpaired) electrons. The normalized spacial score (nSPS) is 13.4. The number of hydrogen-bond donors (Lipinski definition) is 1. The van der Waals surface area contributed by atoms with Gasteiger partial charge in [-0.2, -0.15) is 0 Å². The highest BCUT2D eigenvalue weighted by atomic mass is 16.2. The Bertz CT molecular complexity index is 749. The third kappa shape index (κ3) is 21.6. The van der Waals surface area contributed by atoms with Gasteiger partial charge in [0, 0.05) is 18.9 Å². The highest BCUT2D eigenvalue weighted by Crippen LogP contribution is 2.37. The van der Waals surface area contributed by atoms with Crippen LogP contribution >= 0.6 is 0 Å². The number of carbonyl (C=O) groups is 2. The molecule has 0 aromatic heterocycles. The van der Waals surface area contributed by atoms with E-state index in [9.17, 15) is 9.59 Å². The Morgan fingerprint density at radius 3 is 1.11 bits per heavy atom. The monoisotopic (exact) mass is 626 g/mol. The van der Waals surface area contributed by atoms with Crippen LogP contribution in [0.2, 0.25) is 0 Å². The van der Waals surface area contributed by atoms with Crippen molar-refractivity contribution in [2.24, 2.45) is 17.1 Å². The zero-order chi connectivity index (χ0) is 33.4. The van der Waals surface area contributed by atoms with Crippen molar-refractivity contribution < 1.29 is 9.59 Å². The van der Waals surface area contributed by atoms with Crippen molar-refractivity contribution in [2.45, 2.75) is 195 Å². The molecule has 0 aromatic rings. The molecule has 0 rings (SSSR count). The van der Waals surface area contributed by atoms with Gasteiger partial charge in [0.25, 0.3) is 0 Å². The maximum atomic E-state index is 13.6. The maximum Gasteiger partial charge on any atom is 0.148 e. The van der Waals surface area contributed by atoms with E-state index in [0.29, 0.717) is 12.8 Å². The van der Waals surface area contributed by atoms with Gasteiger partial charge in [-0.25, -0.2) is 0 Å². The number of carbonyl (C=O) groups excluding carboxylic acids is 2. The quantitative estimate of drug-likeness (QED) is 0.0459. The highest BCUT2D eigenvalue weighted by Gasteiger charge is 2.49. The molecule has 0 amide bonds. The van der Waals surface area contributed by atoms with E-state index >= 15 is 0 Å². The summed E-state index contributed by atoms with van der Waals surface area (Å²) < 4.78 is 0. The number of rotatable bonds is 32. The number of ketones is 2. The minimum absolute atomic E-state index is 0.0748. The van der Waals surface area contributed by atoms with Crippen molar-refractivity contribution in [1.82, 2.24) is 0 Å². The van der Waals surface area contributed by atoms with Crippen LogP contribution in [0.1, 0.15) is 189 Å². The van der Waals surface area contributed by atoms with E-state index in [0.717, 1.165) is 64.2 Å². The molecular formula is C42H75NO2. The molecule has 1 atom stereocenters. The molecule has 3 nitrogen and oxygen atoms in total. The second-order valence-corrected chi connectivity index (χ2v) is 13.6. The van der Waals surface area contributed by atoms with Gasteiger partial charge in [0.15, 0.2) is 0 Å². The van der Waals surface area contributed by atoms with Crippen LogP contribution in [-0.4, -0.2) is 17.6 Å². The number of allylic oxidation sites excluding steroid dienone is 8. The fourth-order valence-corrected chi connectivity index (χ4v) is 6.44. The summed E-state index contributed by atoms with van der Waals surface area (Å²) >= 11 is 0. The van der Waals surface area contributed by atoms with E-state index < -0.39 is 11.5 Å². The lowest BCUT2D eigenvalue weighted by Crippen LogP contribution is -2.55. The lowest BCUT2D eigenvalue weighted by atomic mass is 9.64. The fraction of sp³-hybridized carbons (Fsp3) is 0.762. The van der Waals surface area contributed by atoms with Crippen LogP contribution in [0.25, 0.3) is 0 Å². The summed E-state index contributed by atoms with van der Waals surface area (Å²) in [6, 6.07) is -0.451. The Balaban J connectivity index is 4.25. The number of Topliss-reactive ketones (excluding diaryl/α,β-unsaturated/α-hetero) is 2. The van der Waals surface area contributed by atoms with Gasteiger partial charge in [0.05, 0.1) is 0 Å². The molecule has 0 saturated heterocycles. The number of hydrogen-bond acceptors (Lipinski definition) is 3. The molecule has 1 unspecified atom stereocenters. The van der Waals surface area contributed by atoms with Crippen molar-refractivity contribution in [2.75, 3.05) is 0 Å². The van der Waals surface area contributed by atoms with Crippen LogP contribution in [-0.2, 0) is 9.59 Å². The average Bonchev–Trinajstić information content (AvgIpc) is 3.01. The smallest absolute Gasteiger partial charge is 0.148 e. The van der Waals surface area contributed by atoms with E-state index in [1.54, 1.807) is 0 Å². The van der Waals surface area contributed by atoms with Crippen LogP contribution in [0.15, 0.2) is 48.6 Å². The summed E-state index contributed by atoms with van der Waals surface area (Å²) in [6.45, 7) is 10.4. The van der Waals surface area contributed by atoms with E-state index in [1.165, 1.54) is 77.0 Å². The molecule has 3 heteroatoms. The summed E-state index contributed by atoms with van der Waals surface area (Å²) in [5.41, 5.74) is 5.39. The summed E-state index contributed by atoms with van der Waals surface area (Å²) in [4.78, 5) is 27.1. The first-order valence-electron chi connectivity index (χ1n) is 19.3. The Morgan fingerprint density at radius 2 is 0.800 bits per heavy atom. The van der Waals surface area contributed by atoms with Crippen molar-refractivity contribution in [3.63, 3.8) is 0 Å². The third-order valence-electron chi connectivity index (χ3n) is 9.26. The van der Waals surface area contributed by atoms with Gasteiger partial charge in [-0.15, -0.1) is 0 Å². The Kier molecular flexibility index (Phi) is 29.7. The number of nitrogens with two attached hydrogens (primary N) is 1. The SMILES string of the molecule is CCCCC/C=C\C/C=C\CCCCCCCC(=O)C(C(=O)CCCCCCC/C=C\C/C=C\CCCCC)(C(C)C)C(C)N. The zero-order valence-electron chi connectivity index (χ0n) is 30.6. The Labute approximate surface area is 281 Å². The molecule has 260 valence electrons. The van der Waals surface area contributed by atoms with Gasteiger partial charge in [-0.05, 0) is 89.9 Å². The highest BCUT2D eigenvalue weighted by molar-refractivity contribution is 6.08. The van der Waals surface area contributed by atoms with Gasteiger partial charge < -0.3 is 5.73 Å². The van der Waals surface area contributed by atoms with Crippen LogP contribution in [0.5, 0.6) is 0 Å². The molecule has 45 heavy (non-hydrogen) atoms. The molecule has 0 aliphatic rings. The van der Waals surface area contributed by atoms with Crippen molar-refractivity contribution >= 4 is 11.6 Å². The largest absolute Gasteiger partial charge is 0.327 e. The van der Waals surface area contributed by atoms with Gasteiger partial charge in [0.2, 0.25) is 0 Å². The van der Waals surface area contributed by atoms with Crippen LogP contribution in [0, 0.1) is 11.3 Å². The van der Waals surface area contributed by atoms with Crippen molar-refractivity contribution in [1.29, 1.82) is 0 Å². The molecule has 0 spiro atoms. The average molecular weight is 626 g/mol. The van der Waals surface area contributed by atoms with Gasteiger partial charge in [-0.3, -0.25) is 9.59 Å². The topological polar surface area (TPSA) is 60.2 Å². The molecule has 0 heterocycles. The van der Waals surface area contributed by atoms with E-state index in [4.69, 9.17) is 5.73 Å². The molecule has 0 saturated carbocycles. The first-order chi connectivity index (χ1) is 21.8. The lowest BCUT2D eigenvalue weighted by molar-refractivity contribution is -0.145. The summed E-state index contributed by atoms with van der Waals surface area (Å²) in [5.74, 6) is 0.0741. The van der Waals surface area contributed by atoms with E-state index in [-0.39, 0.29) is 17.5 Å². The van der Waals surface area contributed by atoms with E-state index in [2.05, 4.69) is 62.5 Å². The summed E-state index contributed by atoms with van der Waals surface area (Å²) in [5, 5.41) is 0. The predicted octanol–water partition coefficient (Wildman–Crippen LogP) is 12.7. The lowest BCUT2D eigenvalue weighted by Gasteiger charge is -2.38. The van der Waals surface area contributed by atoms with Crippen LogP contribution < -0.4 is 5.73 Å². The molecule has 2 N–H and O–H groups in total. The summed E-state index contributed by atoms with van der Waals surface area (Å²) in [7, 11) is 0. The van der Waals surface area contributed by atoms with Gasteiger partial charge >= 0.3 is 0 Å². The minimum atomic E-state index is -1.04. The maximum absolute atomic E-state index is 13.6. The van der Waals surface area contributed by atoms with E-state index in [1.807, 2.05) is 20.8 Å². The molecule has 0 fully saturated rings. The standard InChI is InChI=1S/C42H75NO2/c1-6-8-10-12-14-16-18-20-22-24-26-28-30-32-34-36-40(44)42(38(3)4,39(5)43)41(45)37-35-33-31-29-27-25-23-21-19-17-15-13-11-9-7-2/h14-17,20-23,38-39H,6-13,18-19,24-37,43H2,1-5H3/b16-14-,17-15-,22-20-,23-21-. The predicted molar refractivity (Wildman–Crippen MR) is 200 cm³/mol. The molecule has 0 bridgehead atoms. The molecular weight excluding hydrogens is 550 g/mol. The Hall–Kier alpha value is -1.74. The van der Waals surface area contributed by atoms with Crippen molar-refractivity contribution in [3.8, 4) is 0 Å². The molecule has 0 aliphatic carbocycles. The van der Waals surface area contributed by atoms with Gasteiger partial charge in [-0.1, -0.05) is 141 Å². The summed E-state index contributed by atoms with van der Waals surface area (Å²) in [6.07, 6.45) is 44.8. The molecule has 0 aromatic carbocycles. The fourth-order valence-electron chi connectivity index (χ4n) is 6.44. The second kappa shape index (κ2) is 30.9. The second-order valence-electron chi connectivity index (χ2n) is 13.6. The van der Waals surface area contributed by atoms with Crippen molar-refractivity contribution in [3.05, 3.63) is 48.6 Å². The first kappa shape index (κ1) is 43.3.